The summed E-state index contributed by atoms with van der Waals surface area (Å²) < 4.78 is 31.7. The molecule has 12 heteroatoms. The fourth-order valence-corrected chi connectivity index (χ4v) is 7.11. The zero-order chi connectivity index (χ0) is 37.3. The van der Waals surface area contributed by atoms with Crippen molar-refractivity contribution in [2.45, 2.75) is 62.3 Å². The van der Waals surface area contributed by atoms with Gasteiger partial charge in [0.2, 0.25) is 17.7 Å². The van der Waals surface area contributed by atoms with Crippen molar-refractivity contribution in [2.75, 3.05) is 18.8 Å². The predicted molar refractivity (Wildman–Crippen MR) is 190 cm³/mol. The summed E-state index contributed by atoms with van der Waals surface area (Å²) in [6.07, 6.45) is -2.23. The number of nitrogens with one attached hydrogen (secondary N) is 1. The summed E-state index contributed by atoms with van der Waals surface area (Å²) in [6, 6.07) is 36.8. The number of nitrogens with zero attached hydrogens (tertiary/aromatic N) is 2. The van der Waals surface area contributed by atoms with Crippen molar-refractivity contribution < 1.29 is 37.5 Å². The number of likely N-dealkylation sites (tertiary alicyclic amines) is 2. The van der Waals surface area contributed by atoms with Gasteiger partial charge in [-0.15, -0.1) is 0 Å². The Morgan fingerprint density at radius 2 is 1.13 bits per heavy atom. The van der Waals surface area contributed by atoms with Crippen molar-refractivity contribution in [3.8, 4) is 0 Å². The summed E-state index contributed by atoms with van der Waals surface area (Å²) in [6.45, 7) is 1.32. The molecule has 272 valence electrons. The number of carboxylic acids is 1. The topological polar surface area (TPSA) is 133 Å². The number of rotatable bonds is 9. The average Bonchev–Trinajstić information content (AvgIpc) is 3.85. The van der Waals surface area contributed by atoms with Gasteiger partial charge in [-0.1, -0.05) is 109 Å². The van der Waals surface area contributed by atoms with Crippen LogP contribution >= 0.6 is 0 Å². The maximum Gasteiger partial charge on any atom is 0.490 e. The van der Waals surface area contributed by atoms with Gasteiger partial charge < -0.3 is 26.0 Å². The van der Waals surface area contributed by atoms with Gasteiger partial charge in [0.1, 0.15) is 12.1 Å². The number of nitrogen functional groups attached to an aromatic ring is 1. The first-order valence-corrected chi connectivity index (χ1v) is 17.1. The minimum Gasteiger partial charge on any atom is -0.475 e. The second-order valence-electron chi connectivity index (χ2n) is 12.8. The molecule has 2 aliphatic heterocycles. The molecule has 0 bridgehead atoms. The van der Waals surface area contributed by atoms with Crippen LogP contribution in [0.15, 0.2) is 115 Å². The Balaban J connectivity index is 0.000000679. The smallest absolute Gasteiger partial charge is 0.475 e. The lowest BCUT2D eigenvalue weighted by atomic mass is 9.67. The molecular formula is C40H41F3N4O5. The lowest BCUT2D eigenvalue weighted by molar-refractivity contribution is -0.192. The number of hydrogen-bond donors (Lipinski definition) is 3. The summed E-state index contributed by atoms with van der Waals surface area (Å²) in [5, 5.41) is 10.1. The van der Waals surface area contributed by atoms with E-state index in [0.29, 0.717) is 38.2 Å². The van der Waals surface area contributed by atoms with E-state index in [9.17, 15) is 27.6 Å². The average molecular weight is 715 g/mol. The highest BCUT2D eigenvalue weighted by molar-refractivity contribution is 5.93. The normalized spacial score (nSPS) is 17.2. The van der Waals surface area contributed by atoms with Crippen LogP contribution in [0.2, 0.25) is 0 Å². The molecule has 2 saturated heterocycles. The lowest BCUT2D eigenvalue weighted by Crippen LogP contribution is -2.53. The van der Waals surface area contributed by atoms with Crippen molar-refractivity contribution in [1.29, 1.82) is 0 Å². The standard InChI is InChI=1S/C38H40N4O3.C2HF3O2/c39-32-21-11-10-14-28(32)27-40-36(44)33-22-12-25-42(33)37(45)34-23-13-24-41(34)35(43)26-38(29-15-4-1-5-16-29,30-17-6-2-7-18-30)31-19-8-3-9-20-31;3-2(4,5)1(6)7/h1-11,14-21,33-34H,12-13,22-27,39H2,(H,40,44);(H,6,7)/t33-,34+;/m1./s1. The Morgan fingerprint density at radius 1 is 0.692 bits per heavy atom. The van der Waals surface area contributed by atoms with Gasteiger partial charge in [0.15, 0.2) is 0 Å². The SMILES string of the molecule is Nc1ccccc1CNC(=O)[C@H]1CCCN1C(=O)[C@@H]1CCCN1C(=O)CC(c1ccccc1)(c1ccccc1)c1ccccc1.O=C(O)C(F)(F)F. The first-order valence-electron chi connectivity index (χ1n) is 17.1. The highest BCUT2D eigenvalue weighted by atomic mass is 19.4. The van der Waals surface area contributed by atoms with Crippen molar-refractivity contribution in [1.82, 2.24) is 15.1 Å². The Morgan fingerprint density at radius 3 is 1.62 bits per heavy atom. The largest absolute Gasteiger partial charge is 0.490 e. The molecule has 4 aromatic rings. The van der Waals surface area contributed by atoms with Gasteiger partial charge in [0.05, 0.1) is 5.41 Å². The summed E-state index contributed by atoms with van der Waals surface area (Å²) in [7, 11) is 0. The van der Waals surface area contributed by atoms with E-state index in [0.717, 1.165) is 35.1 Å². The highest BCUT2D eigenvalue weighted by Crippen LogP contribution is 2.43. The molecule has 2 fully saturated rings. The number of aliphatic carboxylic acids is 1. The molecule has 2 aliphatic rings. The van der Waals surface area contributed by atoms with Gasteiger partial charge >= 0.3 is 12.1 Å². The van der Waals surface area contributed by atoms with Gasteiger partial charge in [0.25, 0.3) is 0 Å². The van der Waals surface area contributed by atoms with Gasteiger partial charge in [-0.05, 0) is 54.0 Å². The number of amides is 3. The van der Waals surface area contributed by atoms with E-state index >= 15 is 0 Å². The summed E-state index contributed by atoms with van der Waals surface area (Å²) in [5.41, 5.74) is 9.85. The number of carbonyl (C=O) groups is 4. The molecule has 0 radical (unpaired) electrons. The van der Waals surface area contributed by atoms with Crippen molar-refractivity contribution in [3.05, 3.63) is 138 Å². The Kier molecular flexibility index (Phi) is 12.0. The lowest BCUT2D eigenvalue weighted by Gasteiger charge is -2.38. The van der Waals surface area contributed by atoms with Crippen LogP contribution in [0, 0.1) is 0 Å². The second kappa shape index (κ2) is 16.6. The molecule has 6 rings (SSSR count). The van der Waals surface area contributed by atoms with Gasteiger partial charge in [-0.25, -0.2) is 4.79 Å². The highest BCUT2D eigenvalue weighted by Gasteiger charge is 2.45. The van der Waals surface area contributed by atoms with Gasteiger partial charge in [-0.2, -0.15) is 13.2 Å². The van der Waals surface area contributed by atoms with Gasteiger partial charge in [0, 0.05) is 31.7 Å². The molecule has 0 spiro atoms. The van der Waals surface area contributed by atoms with Crippen LogP contribution in [0.1, 0.15) is 54.4 Å². The fraction of sp³-hybridized carbons (Fsp3) is 0.300. The first-order chi connectivity index (χ1) is 24.9. The summed E-state index contributed by atoms with van der Waals surface area (Å²) >= 11 is 0. The third-order valence-electron chi connectivity index (χ3n) is 9.66. The minimum absolute atomic E-state index is 0.0674. The summed E-state index contributed by atoms with van der Waals surface area (Å²) in [5.74, 6) is -3.15. The molecule has 9 nitrogen and oxygen atoms in total. The predicted octanol–water partition coefficient (Wildman–Crippen LogP) is 5.93. The zero-order valence-electron chi connectivity index (χ0n) is 28.5. The molecule has 0 aromatic heterocycles. The van der Waals surface area contributed by atoms with Crippen LogP contribution in [0.25, 0.3) is 0 Å². The van der Waals surface area contributed by atoms with Crippen LogP contribution in [0.5, 0.6) is 0 Å². The molecule has 0 unspecified atom stereocenters. The molecule has 4 aromatic carbocycles. The molecule has 52 heavy (non-hydrogen) atoms. The second-order valence-corrected chi connectivity index (χ2v) is 12.8. The Hall–Kier alpha value is -5.65. The molecule has 4 N–H and O–H groups in total. The van der Waals surface area contributed by atoms with E-state index < -0.39 is 29.6 Å². The number of halogens is 3. The molecule has 3 amide bonds. The zero-order valence-corrected chi connectivity index (χ0v) is 28.5. The molecule has 0 saturated carbocycles. The van der Waals surface area contributed by atoms with Crippen LogP contribution < -0.4 is 11.1 Å². The number of carbonyl (C=O) groups excluding carboxylic acids is 3. The van der Waals surface area contributed by atoms with Crippen LogP contribution in [-0.2, 0) is 31.1 Å². The Labute approximate surface area is 300 Å². The number of nitrogens with two attached hydrogens (primary N) is 1. The number of benzene rings is 4. The van der Waals surface area contributed by atoms with Crippen molar-refractivity contribution in [3.63, 3.8) is 0 Å². The van der Waals surface area contributed by atoms with Crippen LogP contribution in [-0.4, -0.2) is 69.9 Å². The third-order valence-corrected chi connectivity index (χ3v) is 9.66. The van der Waals surface area contributed by atoms with Crippen molar-refractivity contribution >= 4 is 29.4 Å². The number of para-hydroxylation sites is 1. The van der Waals surface area contributed by atoms with E-state index in [1.165, 1.54) is 0 Å². The van der Waals surface area contributed by atoms with Crippen LogP contribution in [0.3, 0.4) is 0 Å². The number of anilines is 1. The maximum atomic E-state index is 14.5. The maximum absolute atomic E-state index is 14.5. The van der Waals surface area contributed by atoms with E-state index in [1.54, 1.807) is 15.9 Å². The number of hydrogen-bond acceptors (Lipinski definition) is 5. The fourth-order valence-electron chi connectivity index (χ4n) is 7.11. The van der Waals surface area contributed by atoms with E-state index in [1.807, 2.05) is 72.8 Å². The van der Waals surface area contributed by atoms with Gasteiger partial charge in [-0.3, -0.25) is 14.4 Å². The first kappa shape index (κ1) is 37.6. The van der Waals surface area contributed by atoms with Crippen molar-refractivity contribution in [2.24, 2.45) is 0 Å². The molecule has 2 atom stereocenters. The monoisotopic (exact) mass is 714 g/mol. The van der Waals surface area contributed by atoms with Crippen LogP contribution in [0.4, 0.5) is 18.9 Å². The molecular weight excluding hydrogens is 673 g/mol. The Bertz CT molecular complexity index is 1740. The van der Waals surface area contributed by atoms with E-state index in [4.69, 9.17) is 15.6 Å². The summed E-state index contributed by atoms with van der Waals surface area (Å²) in [4.78, 5) is 54.3. The number of carboxylic acid groups (broad SMARTS) is 1. The third kappa shape index (κ3) is 8.44. The van der Waals surface area contributed by atoms with E-state index in [2.05, 4.69) is 41.7 Å². The minimum atomic E-state index is -5.08. The quantitative estimate of drug-likeness (QED) is 0.146. The molecule has 2 heterocycles. The molecule has 0 aliphatic carbocycles. The van der Waals surface area contributed by atoms with E-state index in [-0.39, 0.29) is 24.1 Å². The number of alkyl halides is 3.